The van der Waals surface area contributed by atoms with E-state index in [0.717, 1.165) is 27.7 Å². The molecule has 2 aromatic heterocycles. The fraction of sp³-hybridized carbons (Fsp3) is 0.346. The molecule has 4 aromatic rings. The van der Waals surface area contributed by atoms with Crippen molar-refractivity contribution >= 4 is 21.7 Å². The molecule has 2 aliphatic rings. The third kappa shape index (κ3) is 2.13. The van der Waals surface area contributed by atoms with E-state index in [0.29, 0.717) is 0 Å². The number of benzene rings is 2. The molecule has 0 radical (unpaired) electrons. The molecule has 2 unspecified atom stereocenters. The van der Waals surface area contributed by atoms with Crippen LogP contribution in [0.15, 0.2) is 54.9 Å². The third-order valence-corrected chi connectivity index (χ3v) is 12.4. The maximum atomic E-state index is 5.30. The number of hydrogen-bond acceptors (Lipinski definition) is 3. The number of nitrogens with zero attached hydrogens (tertiary/aromatic N) is 3. The van der Waals surface area contributed by atoms with Gasteiger partial charge in [0, 0.05) is 0 Å². The number of aromatic nitrogens is 3. The average Bonchev–Trinajstić information content (AvgIpc) is 2.84. The summed E-state index contributed by atoms with van der Waals surface area (Å²) in [5, 5.41) is 3.50. The molecule has 152 valence electrons. The molecular formula is C26H25IN3-. The van der Waals surface area contributed by atoms with Crippen molar-refractivity contribution in [1.82, 2.24) is 15.0 Å². The number of alkyl halides is 2. The van der Waals surface area contributed by atoms with E-state index in [-0.39, 0.29) is 37.5 Å². The van der Waals surface area contributed by atoms with Gasteiger partial charge in [0.25, 0.3) is 0 Å². The summed E-state index contributed by atoms with van der Waals surface area (Å²) in [6.07, 6.45) is 4.02. The topological polar surface area (TPSA) is 38.7 Å². The number of rotatable bonds is 1. The Morgan fingerprint density at radius 3 is 2.53 bits per heavy atom. The van der Waals surface area contributed by atoms with Gasteiger partial charge in [-0.2, -0.15) is 0 Å². The van der Waals surface area contributed by atoms with Crippen LogP contribution in [0.1, 0.15) is 39.0 Å². The van der Waals surface area contributed by atoms with Crippen LogP contribution in [0.4, 0.5) is 0 Å². The van der Waals surface area contributed by atoms with Gasteiger partial charge in [-0.15, -0.1) is 0 Å². The molecule has 3 heterocycles. The SMILES string of the molecule is CC12C[I-]CC(C)(c3nc(-c4cccc5c4ccc4cccnc45)ncc31)C2(C)C. The molecule has 0 spiro atoms. The zero-order valence-electron chi connectivity index (χ0n) is 17.8. The normalized spacial score (nSPS) is 27.1. The minimum absolute atomic E-state index is 0.138. The van der Waals surface area contributed by atoms with Crippen molar-refractivity contribution in [3.8, 4) is 11.4 Å². The zero-order valence-corrected chi connectivity index (χ0v) is 20.0. The van der Waals surface area contributed by atoms with Gasteiger partial charge in [0.15, 0.2) is 0 Å². The Morgan fingerprint density at radius 2 is 1.67 bits per heavy atom. The maximum absolute atomic E-state index is 5.30. The van der Waals surface area contributed by atoms with Crippen LogP contribution < -0.4 is 21.2 Å². The average molecular weight is 506 g/mol. The Kier molecular flexibility index (Phi) is 3.73. The van der Waals surface area contributed by atoms with Crippen LogP contribution in [-0.2, 0) is 10.8 Å². The third-order valence-electron chi connectivity index (χ3n) is 8.26. The first kappa shape index (κ1) is 18.7. The van der Waals surface area contributed by atoms with Gasteiger partial charge in [0.1, 0.15) is 0 Å². The van der Waals surface area contributed by atoms with E-state index < -0.39 is 0 Å². The summed E-state index contributed by atoms with van der Waals surface area (Å²) < 4.78 is 2.64. The van der Waals surface area contributed by atoms with Crippen LogP contribution in [0.3, 0.4) is 0 Å². The molecule has 2 bridgehead atoms. The Hall–Kier alpha value is -2.08. The van der Waals surface area contributed by atoms with Gasteiger partial charge in [-0.3, -0.25) is 0 Å². The predicted octanol–water partition coefficient (Wildman–Crippen LogP) is 2.50. The summed E-state index contributed by atoms with van der Waals surface area (Å²) in [6.45, 7) is 9.81. The molecule has 0 saturated carbocycles. The van der Waals surface area contributed by atoms with Gasteiger partial charge in [-0.25, -0.2) is 0 Å². The zero-order chi connectivity index (χ0) is 20.7. The Morgan fingerprint density at radius 1 is 0.833 bits per heavy atom. The fourth-order valence-corrected chi connectivity index (χ4v) is 10.7. The van der Waals surface area contributed by atoms with E-state index in [1.807, 2.05) is 12.3 Å². The summed E-state index contributed by atoms with van der Waals surface area (Å²) in [4.78, 5) is 14.9. The second-order valence-corrected chi connectivity index (χ2v) is 12.3. The summed E-state index contributed by atoms with van der Waals surface area (Å²) in [5.41, 5.74) is 5.37. The van der Waals surface area contributed by atoms with E-state index in [4.69, 9.17) is 9.97 Å². The second kappa shape index (κ2) is 6.00. The predicted molar refractivity (Wildman–Crippen MR) is 118 cm³/mol. The van der Waals surface area contributed by atoms with Crippen molar-refractivity contribution in [3.05, 3.63) is 66.1 Å². The van der Waals surface area contributed by atoms with E-state index in [1.54, 1.807) is 0 Å². The van der Waals surface area contributed by atoms with Crippen molar-refractivity contribution in [2.45, 2.75) is 38.5 Å². The minimum atomic E-state index is 0.138. The molecular weight excluding hydrogens is 481 g/mol. The molecule has 0 N–H and O–H groups in total. The van der Waals surface area contributed by atoms with Crippen LogP contribution in [0.2, 0.25) is 0 Å². The standard InChI is InChI=1S/C26H25IN3/c1-24(2)25(3)14-27-15-26(24,4)22-20(25)13-29-23(30-22)19-9-5-8-18-17(19)11-10-16-7-6-12-28-21(16)18/h5-13H,14-15H2,1-4H3/q-1. The van der Waals surface area contributed by atoms with Gasteiger partial charge in [-0.05, 0) is 0 Å². The van der Waals surface area contributed by atoms with Gasteiger partial charge < -0.3 is 0 Å². The molecule has 0 amide bonds. The molecule has 2 atom stereocenters. The van der Waals surface area contributed by atoms with Crippen LogP contribution in [-0.4, -0.2) is 23.8 Å². The summed E-state index contributed by atoms with van der Waals surface area (Å²) in [6, 6.07) is 14.9. The first-order chi connectivity index (χ1) is 14.4. The van der Waals surface area contributed by atoms with E-state index >= 15 is 0 Å². The van der Waals surface area contributed by atoms with Gasteiger partial charge in [-0.1, -0.05) is 0 Å². The Balaban J connectivity index is 1.61. The molecule has 1 aliphatic carbocycles. The van der Waals surface area contributed by atoms with Crippen LogP contribution in [0, 0.1) is 5.41 Å². The van der Waals surface area contributed by atoms with Gasteiger partial charge in [0.05, 0.1) is 0 Å². The molecule has 3 nitrogen and oxygen atoms in total. The Bertz CT molecular complexity index is 1340. The molecule has 6 rings (SSSR count). The van der Waals surface area contributed by atoms with Crippen LogP contribution in [0.25, 0.3) is 33.1 Å². The summed E-state index contributed by atoms with van der Waals surface area (Å²) in [7, 11) is 0. The number of hydrogen-bond donors (Lipinski definition) is 0. The van der Waals surface area contributed by atoms with Crippen molar-refractivity contribution in [1.29, 1.82) is 0 Å². The van der Waals surface area contributed by atoms with Crippen LogP contribution >= 0.6 is 0 Å². The number of halogens is 1. The van der Waals surface area contributed by atoms with E-state index in [2.05, 4.69) is 75.3 Å². The first-order valence-corrected chi connectivity index (χ1v) is 13.6. The summed E-state index contributed by atoms with van der Waals surface area (Å²) >= 11 is 0.200. The molecule has 1 fully saturated rings. The molecule has 4 heteroatoms. The van der Waals surface area contributed by atoms with Crippen molar-refractivity contribution in [2.24, 2.45) is 5.41 Å². The number of pyridine rings is 1. The second-order valence-electron chi connectivity index (χ2n) is 9.74. The fourth-order valence-electron chi connectivity index (χ4n) is 5.57. The molecule has 1 saturated heterocycles. The number of fused-ring (bicyclic) bond motifs is 8. The molecule has 1 aliphatic heterocycles. The molecule has 2 aromatic carbocycles. The quantitative estimate of drug-likeness (QED) is 0.226. The van der Waals surface area contributed by atoms with Gasteiger partial charge >= 0.3 is 188 Å². The Labute approximate surface area is 187 Å². The van der Waals surface area contributed by atoms with Crippen molar-refractivity contribution in [2.75, 3.05) is 8.86 Å². The monoisotopic (exact) mass is 506 g/mol. The summed E-state index contributed by atoms with van der Waals surface area (Å²) in [5.74, 6) is 0.848. The molecule has 30 heavy (non-hydrogen) atoms. The van der Waals surface area contributed by atoms with Crippen molar-refractivity contribution in [3.63, 3.8) is 0 Å². The van der Waals surface area contributed by atoms with Crippen LogP contribution in [0.5, 0.6) is 0 Å². The van der Waals surface area contributed by atoms with Gasteiger partial charge in [0.2, 0.25) is 0 Å². The van der Waals surface area contributed by atoms with E-state index in [1.165, 1.54) is 25.5 Å². The first-order valence-electron chi connectivity index (χ1n) is 10.6. The van der Waals surface area contributed by atoms with E-state index in [9.17, 15) is 0 Å². The van der Waals surface area contributed by atoms with Crippen molar-refractivity contribution < 1.29 is 21.2 Å².